The van der Waals surface area contributed by atoms with Gasteiger partial charge < -0.3 is 9.88 Å². The molecule has 0 aliphatic rings. The van der Waals surface area contributed by atoms with E-state index in [-0.39, 0.29) is 11.7 Å². The molecule has 3 aromatic heterocycles. The summed E-state index contributed by atoms with van der Waals surface area (Å²) < 4.78 is 3.51. The lowest BCUT2D eigenvalue weighted by molar-refractivity contribution is -0.116. The van der Waals surface area contributed by atoms with Gasteiger partial charge in [-0.15, -0.1) is 0 Å². The van der Waals surface area contributed by atoms with Crippen molar-refractivity contribution in [3.05, 3.63) is 76.8 Å². The molecule has 1 N–H and O–H groups in total. The minimum atomic E-state index is -0.159. The zero-order chi connectivity index (χ0) is 22.1. The van der Waals surface area contributed by atoms with Crippen molar-refractivity contribution >= 4 is 23.0 Å². The molecule has 0 unspecified atom stereocenters. The molecule has 4 rings (SSSR count). The van der Waals surface area contributed by atoms with E-state index in [9.17, 15) is 9.59 Å². The van der Waals surface area contributed by atoms with E-state index in [1.165, 1.54) is 0 Å². The van der Waals surface area contributed by atoms with E-state index >= 15 is 0 Å². The molecule has 0 fully saturated rings. The number of hydrogen-bond acceptors (Lipinski definition) is 5. The second-order valence-electron chi connectivity index (χ2n) is 7.63. The van der Waals surface area contributed by atoms with E-state index in [2.05, 4.69) is 20.4 Å². The Morgan fingerprint density at radius 2 is 1.84 bits per heavy atom. The van der Waals surface area contributed by atoms with Crippen LogP contribution in [0.15, 0.2) is 42.7 Å². The van der Waals surface area contributed by atoms with Gasteiger partial charge in [-0.05, 0) is 57.0 Å². The summed E-state index contributed by atoms with van der Waals surface area (Å²) >= 11 is 0. The molecule has 0 aliphatic carbocycles. The Morgan fingerprint density at radius 1 is 1.10 bits per heavy atom. The van der Waals surface area contributed by atoms with Gasteiger partial charge >= 0.3 is 0 Å². The van der Waals surface area contributed by atoms with E-state index in [1.807, 2.05) is 31.4 Å². The Balaban J connectivity index is 1.41. The molecule has 8 heteroatoms. The van der Waals surface area contributed by atoms with E-state index < -0.39 is 0 Å². The molecule has 158 valence electrons. The quantitative estimate of drug-likeness (QED) is 0.487. The molecule has 0 spiro atoms. The van der Waals surface area contributed by atoms with Crippen LogP contribution < -0.4 is 5.32 Å². The Bertz CT molecular complexity index is 1280. The number of benzene rings is 1. The van der Waals surface area contributed by atoms with E-state index in [0.717, 1.165) is 28.3 Å². The summed E-state index contributed by atoms with van der Waals surface area (Å²) in [5.74, 6) is 0.118. The molecule has 1 amide bonds. The van der Waals surface area contributed by atoms with E-state index in [0.29, 0.717) is 29.9 Å². The van der Waals surface area contributed by atoms with Gasteiger partial charge in [0.1, 0.15) is 0 Å². The molecule has 1 aromatic carbocycles. The van der Waals surface area contributed by atoms with E-state index in [4.69, 9.17) is 0 Å². The van der Waals surface area contributed by atoms with Gasteiger partial charge in [0, 0.05) is 54.6 Å². The predicted octanol–water partition coefficient (Wildman–Crippen LogP) is 3.19. The number of imidazole rings is 1. The van der Waals surface area contributed by atoms with Gasteiger partial charge in [0.05, 0.1) is 5.69 Å². The summed E-state index contributed by atoms with van der Waals surface area (Å²) in [6.07, 6.45) is 4.21. The van der Waals surface area contributed by atoms with Crippen molar-refractivity contribution in [3.8, 4) is 0 Å². The highest BCUT2D eigenvalue weighted by atomic mass is 16.1. The maximum atomic E-state index is 12.5. The summed E-state index contributed by atoms with van der Waals surface area (Å²) in [6, 6.07) is 8.78. The number of nitrogens with zero attached hydrogens (tertiary/aromatic N) is 5. The van der Waals surface area contributed by atoms with Gasteiger partial charge in [0.15, 0.2) is 11.5 Å². The maximum Gasteiger partial charge on any atom is 0.228 e. The van der Waals surface area contributed by atoms with Gasteiger partial charge in [-0.25, -0.2) is 14.5 Å². The molecular formula is C23H24N6O2. The number of anilines is 1. The number of nitrogens with one attached hydrogen (secondary N) is 1. The zero-order valence-corrected chi connectivity index (χ0v) is 18.0. The monoisotopic (exact) mass is 416 g/mol. The molecule has 0 aliphatic heterocycles. The van der Waals surface area contributed by atoms with Crippen molar-refractivity contribution in [2.75, 3.05) is 5.32 Å². The average Bonchev–Trinajstić information content (AvgIpc) is 3.32. The fraction of sp³-hybridized carbons (Fsp3) is 0.261. The highest BCUT2D eigenvalue weighted by Crippen LogP contribution is 2.18. The van der Waals surface area contributed by atoms with Crippen LogP contribution >= 0.6 is 0 Å². The van der Waals surface area contributed by atoms with Gasteiger partial charge in [0.2, 0.25) is 11.7 Å². The third-order valence-electron chi connectivity index (χ3n) is 5.34. The number of rotatable bonds is 6. The van der Waals surface area contributed by atoms with Crippen molar-refractivity contribution < 1.29 is 9.59 Å². The Hall–Kier alpha value is -3.81. The minimum absolute atomic E-state index is 0.0984. The number of amides is 1. The molecule has 0 radical (unpaired) electrons. The fourth-order valence-corrected chi connectivity index (χ4v) is 3.68. The lowest BCUT2D eigenvalue weighted by Gasteiger charge is -2.11. The first-order valence-electron chi connectivity index (χ1n) is 10.1. The minimum Gasteiger partial charge on any atom is -0.331 e. The number of hydrogen-bond donors (Lipinski definition) is 1. The third-order valence-corrected chi connectivity index (χ3v) is 5.34. The SMILES string of the molecule is Cc1cc2nc(C)c(CCC(=O)Nc3ccc(C(=O)c4nccn4C)cc3)c(C)n2n1. The van der Waals surface area contributed by atoms with Crippen LogP contribution in [0.2, 0.25) is 0 Å². The molecule has 4 aromatic rings. The Morgan fingerprint density at radius 3 is 2.52 bits per heavy atom. The first-order valence-corrected chi connectivity index (χ1v) is 10.1. The smallest absolute Gasteiger partial charge is 0.228 e. The maximum absolute atomic E-state index is 12.5. The number of carbonyl (C=O) groups excluding carboxylic acids is 2. The second-order valence-corrected chi connectivity index (χ2v) is 7.63. The number of aryl methyl sites for hydroxylation is 4. The van der Waals surface area contributed by atoms with Crippen molar-refractivity contribution in [2.24, 2.45) is 7.05 Å². The fourth-order valence-electron chi connectivity index (χ4n) is 3.68. The summed E-state index contributed by atoms with van der Waals surface area (Å²) in [4.78, 5) is 33.7. The number of fused-ring (bicyclic) bond motifs is 1. The van der Waals surface area contributed by atoms with Gasteiger partial charge in [-0.3, -0.25) is 9.59 Å². The Labute approximate surface area is 180 Å². The van der Waals surface area contributed by atoms with Crippen LogP contribution in [0.5, 0.6) is 0 Å². The number of aromatic nitrogens is 5. The normalized spacial score (nSPS) is 11.1. The van der Waals surface area contributed by atoms with Crippen LogP contribution in [0.4, 0.5) is 5.69 Å². The van der Waals surface area contributed by atoms with Crippen LogP contribution in [0.25, 0.3) is 5.65 Å². The van der Waals surface area contributed by atoms with Gasteiger partial charge in [-0.1, -0.05) is 0 Å². The largest absolute Gasteiger partial charge is 0.331 e. The second kappa shape index (κ2) is 8.14. The standard InChI is InChI=1S/C23H24N6O2/c1-14-13-20-25-15(2)19(16(3)29(20)27-14)9-10-21(30)26-18-7-5-17(6-8-18)22(31)23-24-11-12-28(23)4/h5-8,11-13H,9-10H2,1-4H3,(H,26,30). The van der Waals surface area contributed by atoms with Crippen molar-refractivity contribution in [2.45, 2.75) is 33.6 Å². The van der Waals surface area contributed by atoms with Crippen molar-refractivity contribution in [1.82, 2.24) is 24.1 Å². The van der Waals surface area contributed by atoms with Crippen LogP contribution in [0.1, 0.15) is 45.2 Å². The molecule has 0 bridgehead atoms. The summed E-state index contributed by atoms with van der Waals surface area (Å²) in [5, 5.41) is 7.37. The highest BCUT2D eigenvalue weighted by Gasteiger charge is 2.15. The molecule has 0 atom stereocenters. The van der Waals surface area contributed by atoms with Gasteiger partial charge in [0.25, 0.3) is 0 Å². The number of ketones is 1. The summed E-state index contributed by atoms with van der Waals surface area (Å²) in [7, 11) is 1.78. The average molecular weight is 416 g/mol. The zero-order valence-electron chi connectivity index (χ0n) is 18.0. The lowest BCUT2D eigenvalue weighted by Crippen LogP contribution is -2.14. The first kappa shape index (κ1) is 20.5. The summed E-state index contributed by atoms with van der Waals surface area (Å²) in [5.41, 5.74) is 5.84. The molecule has 3 heterocycles. The topological polar surface area (TPSA) is 94.2 Å². The van der Waals surface area contributed by atoms with E-state index in [1.54, 1.807) is 48.3 Å². The van der Waals surface area contributed by atoms with Crippen molar-refractivity contribution in [1.29, 1.82) is 0 Å². The first-order chi connectivity index (χ1) is 14.8. The lowest BCUT2D eigenvalue weighted by atomic mass is 10.1. The molecular weight excluding hydrogens is 392 g/mol. The summed E-state index contributed by atoms with van der Waals surface area (Å²) in [6.45, 7) is 5.89. The molecule has 31 heavy (non-hydrogen) atoms. The predicted molar refractivity (Wildman–Crippen MR) is 117 cm³/mol. The van der Waals surface area contributed by atoms with Gasteiger partial charge in [-0.2, -0.15) is 5.10 Å². The van der Waals surface area contributed by atoms with Crippen LogP contribution in [0, 0.1) is 20.8 Å². The molecule has 0 saturated carbocycles. The van der Waals surface area contributed by atoms with Crippen molar-refractivity contribution in [3.63, 3.8) is 0 Å². The van der Waals surface area contributed by atoms with Crippen LogP contribution in [0.3, 0.4) is 0 Å². The molecule has 0 saturated heterocycles. The Kier molecular flexibility index (Phi) is 5.37. The number of carbonyl (C=O) groups is 2. The van der Waals surface area contributed by atoms with Crippen LogP contribution in [-0.4, -0.2) is 35.8 Å². The third kappa shape index (κ3) is 4.09. The highest BCUT2D eigenvalue weighted by molar-refractivity contribution is 6.07. The molecule has 8 nitrogen and oxygen atoms in total. The van der Waals surface area contributed by atoms with Crippen LogP contribution in [-0.2, 0) is 18.3 Å².